The molecule has 4 heteroatoms. The van der Waals surface area contributed by atoms with E-state index in [2.05, 4.69) is 23.6 Å². The first-order valence-corrected chi connectivity index (χ1v) is 6.64. The van der Waals surface area contributed by atoms with Crippen LogP contribution in [0.25, 0.3) is 0 Å². The Morgan fingerprint density at radius 2 is 1.76 bits per heavy atom. The molecule has 0 rings (SSSR count). The number of nitrogens with zero attached hydrogens (tertiary/aromatic N) is 2. The van der Waals surface area contributed by atoms with E-state index in [-0.39, 0.29) is 6.04 Å². The monoisotopic (exact) mass is 244 g/mol. The van der Waals surface area contributed by atoms with Crippen LogP contribution in [0.3, 0.4) is 0 Å². The Balaban J connectivity index is 4.40. The molecule has 0 radical (unpaired) electrons. The first-order chi connectivity index (χ1) is 8.02. The highest BCUT2D eigenvalue weighted by molar-refractivity contribution is 5.73. The fourth-order valence-electron chi connectivity index (χ4n) is 1.90. The van der Waals surface area contributed by atoms with Crippen molar-refractivity contribution in [1.29, 1.82) is 0 Å². The minimum absolute atomic E-state index is 0.310. The van der Waals surface area contributed by atoms with Gasteiger partial charge in [-0.15, -0.1) is 0 Å². The van der Waals surface area contributed by atoms with E-state index < -0.39 is 5.97 Å². The average Bonchev–Trinajstić information content (AvgIpc) is 2.25. The van der Waals surface area contributed by atoms with E-state index in [1.54, 1.807) is 0 Å². The van der Waals surface area contributed by atoms with Crippen molar-refractivity contribution < 1.29 is 9.90 Å². The molecule has 1 N–H and O–H groups in total. The molecule has 0 aliphatic carbocycles. The van der Waals surface area contributed by atoms with Gasteiger partial charge in [-0.2, -0.15) is 0 Å². The number of aliphatic carboxylic acids is 1. The molecule has 4 nitrogen and oxygen atoms in total. The number of unbranched alkanes of at least 4 members (excludes halogenated alkanes) is 1. The standard InChI is InChI=1S/C13H28N2O2/c1-5-7-8-12(13(16)17)15(9-6-2)11-10-14(3)4/h12H,5-11H2,1-4H3,(H,16,17). The lowest BCUT2D eigenvalue weighted by molar-refractivity contribution is -0.143. The quantitative estimate of drug-likeness (QED) is 0.637. The Hall–Kier alpha value is -0.610. The molecule has 0 saturated carbocycles. The summed E-state index contributed by atoms with van der Waals surface area (Å²) in [5.41, 5.74) is 0. The molecule has 1 atom stereocenters. The molecule has 102 valence electrons. The molecule has 0 aromatic rings. The molecule has 0 saturated heterocycles. The fourth-order valence-corrected chi connectivity index (χ4v) is 1.90. The molecule has 0 aliphatic heterocycles. The number of carboxylic acid groups (broad SMARTS) is 1. The lowest BCUT2D eigenvalue weighted by Crippen LogP contribution is -2.44. The summed E-state index contributed by atoms with van der Waals surface area (Å²) < 4.78 is 0. The SMILES string of the molecule is CCCCC(C(=O)O)N(CCC)CCN(C)C. The van der Waals surface area contributed by atoms with Gasteiger partial charge in [-0.05, 0) is 33.5 Å². The predicted molar refractivity (Wildman–Crippen MR) is 71.4 cm³/mol. The molecule has 0 aliphatic rings. The molecule has 0 fully saturated rings. The van der Waals surface area contributed by atoms with Crippen LogP contribution < -0.4 is 0 Å². The van der Waals surface area contributed by atoms with Crippen molar-refractivity contribution in [2.45, 2.75) is 45.6 Å². The summed E-state index contributed by atoms with van der Waals surface area (Å²) in [5, 5.41) is 9.31. The normalized spacial score (nSPS) is 13.3. The summed E-state index contributed by atoms with van der Waals surface area (Å²) in [6.45, 7) is 6.82. The van der Waals surface area contributed by atoms with E-state index in [9.17, 15) is 9.90 Å². The molecule has 0 aromatic carbocycles. The van der Waals surface area contributed by atoms with Crippen molar-refractivity contribution in [2.24, 2.45) is 0 Å². The zero-order valence-electron chi connectivity index (χ0n) is 11.8. The van der Waals surface area contributed by atoms with Crippen LogP contribution in [0.15, 0.2) is 0 Å². The van der Waals surface area contributed by atoms with Crippen molar-refractivity contribution in [3.63, 3.8) is 0 Å². The zero-order valence-corrected chi connectivity index (χ0v) is 11.8. The summed E-state index contributed by atoms with van der Waals surface area (Å²) >= 11 is 0. The Morgan fingerprint density at radius 3 is 2.18 bits per heavy atom. The smallest absolute Gasteiger partial charge is 0.320 e. The number of rotatable bonds is 10. The summed E-state index contributed by atoms with van der Waals surface area (Å²) in [4.78, 5) is 15.5. The van der Waals surface area contributed by atoms with E-state index in [4.69, 9.17) is 0 Å². The second kappa shape index (κ2) is 9.42. The van der Waals surface area contributed by atoms with Crippen LogP contribution in [0.5, 0.6) is 0 Å². The first kappa shape index (κ1) is 16.4. The minimum Gasteiger partial charge on any atom is -0.480 e. The lowest BCUT2D eigenvalue weighted by Gasteiger charge is -2.29. The van der Waals surface area contributed by atoms with Crippen molar-refractivity contribution >= 4 is 5.97 Å². The van der Waals surface area contributed by atoms with Gasteiger partial charge in [0, 0.05) is 13.1 Å². The van der Waals surface area contributed by atoms with Crippen LogP contribution in [-0.2, 0) is 4.79 Å². The van der Waals surface area contributed by atoms with Crippen molar-refractivity contribution in [3.05, 3.63) is 0 Å². The van der Waals surface area contributed by atoms with Gasteiger partial charge >= 0.3 is 5.97 Å². The average molecular weight is 244 g/mol. The van der Waals surface area contributed by atoms with Gasteiger partial charge in [-0.1, -0.05) is 26.7 Å². The summed E-state index contributed by atoms with van der Waals surface area (Å²) in [5.74, 6) is -0.675. The van der Waals surface area contributed by atoms with Crippen LogP contribution in [0.1, 0.15) is 39.5 Å². The van der Waals surface area contributed by atoms with Gasteiger partial charge in [0.15, 0.2) is 0 Å². The maximum absolute atomic E-state index is 11.3. The summed E-state index contributed by atoms with van der Waals surface area (Å²) in [6, 6.07) is -0.310. The maximum Gasteiger partial charge on any atom is 0.320 e. The third-order valence-corrected chi connectivity index (χ3v) is 2.90. The van der Waals surface area contributed by atoms with Crippen LogP contribution in [-0.4, -0.2) is 60.6 Å². The Morgan fingerprint density at radius 1 is 1.12 bits per heavy atom. The molecule has 1 unspecified atom stereocenters. The van der Waals surface area contributed by atoms with Gasteiger partial charge in [0.25, 0.3) is 0 Å². The van der Waals surface area contributed by atoms with Crippen LogP contribution in [0, 0.1) is 0 Å². The number of carboxylic acids is 1. The van der Waals surface area contributed by atoms with Crippen molar-refractivity contribution in [3.8, 4) is 0 Å². The van der Waals surface area contributed by atoms with Gasteiger partial charge in [0.05, 0.1) is 0 Å². The molecular formula is C13H28N2O2. The highest BCUT2D eigenvalue weighted by Gasteiger charge is 2.23. The predicted octanol–water partition coefficient (Wildman–Crippen LogP) is 1.90. The van der Waals surface area contributed by atoms with E-state index in [1.165, 1.54) is 0 Å². The Labute approximate surface area is 106 Å². The van der Waals surface area contributed by atoms with Gasteiger partial charge < -0.3 is 10.0 Å². The molecule has 0 spiro atoms. The molecule has 0 amide bonds. The van der Waals surface area contributed by atoms with E-state index in [0.717, 1.165) is 45.3 Å². The van der Waals surface area contributed by atoms with E-state index in [0.29, 0.717) is 0 Å². The second-order valence-corrected chi connectivity index (χ2v) is 4.84. The number of carbonyl (C=O) groups is 1. The first-order valence-electron chi connectivity index (χ1n) is 6.64. The van der Waals surface area contributed by atoms with Crippen LogP contribution >= 0.6 is 0 Å². The molecule has 0 aromatic heterocycles. The second-order valence-electron chi connectivity index (χ2n) is 4.84. The third-order valence-electron chi connectivity index (χ3n) is 2.90. The maximum atomic E-state index is 11.3. The highest BCUT2D eigenvalue weighted by Crippen LogP contribution is 2.10. The van der Waals surface area contributed by atoms with Gasteiger partial charge in [-0.3, -0.25) is 9.69 Å². The lowest BCUT2D eigenvalue weighted by atomic mass is 10.1. The molecule has 0 bridgehead atoms. The third kappa shape index (κ3) is 7.34. The van der Waals surface area contributed by atoms with Gasteiger partial charge in [-0.25, -0.2) is 0 Å². The molecule has 17 heavy (non-hydrogen) atoms. The number of hydrogen-bond donors (Lipinski definition) is 1. The largest absolute Gasteiger partial charge is 0.480 e. The highest BCUT2D eigenvalue weighted by atomic mass is 16.4. The Kier molecular flexibility index (Phi) is 9.09. The van der Waals surface area contributed by atoms with Crippen molar-refractivity contribution in [1.82, 2.24) is 9.80 Å². The number of hydrogen-bond acceptors (Lipinski definition) is 3. The van der Waals surface area contributed by atoms with Crippen LogP contribution in [0.2, 0.25) is 0 Å². The fraction of sp³-hybridized carbons (Fsp3) is 0.923. The van der Waals surface area contributed by atoms with Gasteiger partial charge in [0.1, 0.15) is 6.04 Å². The van der Waals surface area contributed by atoms with Crippen molar-refractivity contribution in [2.75, 3.05) is 33.7 Å². The molecule has 0 heterocycles. The van der Waals surface area contributed by atoms with Gasteiger partial charge in [0.2, 0.25) is 0 Å². The zero-order chi connectivity index (χ0) is 13.3. The Bertz CT molecular complexity index is 208. The van der Waals surface area contributed by atoms with Crippen LogP contribution in [0.4, 0.5) is 0 Å². The van der Waals surface area contributed by atoms with E-state index in [1.807, 2.05) is 14.1 Å². The van der Waals surface area contributed by atoms with E-state index >= 15 is 0 Å². The minimum atomic E-state index is -0.675. The summed E-state index contributed by atoms with van der Waals surface area (Å²) in [6.07, 6.45) is 3.80. The topological polar surface area (TPSA) is 43.8 Å². The summed E-state index contributed by atoms with van der Waals surface area (Å²) in [7, 11) is 4.04. The molecular weight excluding hydrogens is 216 g/mol. The number of likely N-dealkylation sites (N-methyl/N-ethyl adjacent to an activating group) is 1.